The number of halogens is 2. The zero-order valence-corrected chi connectivity index (χ0v) is 14.6. The van der Waals surface area contributed by atoms with Gasteiger partial charge in [-0.25, -0.2) is 0 Å². The fourth-order valence-electron chi connectivity index (χ4n) is 2.93. The minimum Gasteiger partial charge on any atom is -0.461 e. The van der Waals surface area contributed by atoms with Crippen LogP contribution in [0.15, 0.2) is 71.5 Å². The number of rotatable bonds is 4. The Balaban J connectivity index is 1.81. The number of benzene rings is 2. The molecule has 0 aliphatic carbocycles. The van der Waals surface area contributed by atoms with Gasteiger partial charge in [-0.15, -0.1) is 0 Å². The first-order valence-electron chi connectivity index (χ1n) is 7.73. The van der Waals surface area contributed by atoms with Gasteiger partial charge in [0.25, 0.3) is 0 Å². The van der Waals surface area contributed by atoms with E-state index in [1.165, 1.54) is 6.26 Å². The second kappa shape index (κ2) is 6.43. The number of aromatic nitrogens is 1. The van der Waals surface area contributed by atoms with Crippen molar-refractivity contribution in [3.8, 4) is 0 Å². The Morgan fingerprint density at radius 2 is 1.88 bits per heavy atom. The Morgan fingerprint density at radius 1 is 1.04 bits per heavy atom. The Labute approximate surface area is 154 Å². The molecular weight excluding hydrogens is 357 g/mol. The van der Waals surface area contributed by atoms with Crippen LogP contribution < -0.4 is 0 Å². The molecular formula is C20H13Cl2NO2. The van der Waals surface area contributed by atoms with Gasteiger partial charge in [0.1, 0.15) is 0 Å². The summed E-state index contributed by atoms with van der Waals surface area (Å²) < 4.78 is 7.28. The van der Waals surface area contributed by atoms with E-state index in [4.69, 9.17) is 27.6 Å². The molecule has 0 aliphatic rings. The minimum absolute atomic E-state index is 0.137. The summed E-state index contributed by atoms with van der Waals surface area (Å²) in [7, 11) is 0. The molecule has 0 amide bonds. The maximum Gasteiger partial charge on any atom is 0.230 e. The Kier molecular flexibility index (Phi) is 4.12. The van der Waals surface area contributed by atoms with E-state index in [1.54, 1.807) is 18.2 Å². The number of carbonyl (C=O) groups is 1. The topological polar surface area (TPSA) is 35.1 Å². The van der Waals surface area contributed by atoms with Crippen LogP contribution in [0.3, 0.4) is 0 Å². The van der Waals surface area contributed by atoms with E-state index in [2.05, 4.69) is 0 Å². The van der Waals surface area contributed by atoms with Gasteiger partial charge in [0, 0.05) is 33.7 Å². The van der Waals surface area contributed by atoms with Crippen molar-refractivity contribution in [2.24, 2.45) is 0 Å². The highest BCUT2D eigenvalue weighted by molar-refractivity contribution is 6.35. The van der Waals surface area contributed by atoms with Crippen LogP contribution in [0.4, 0.5) is 0 Å². The van der Waals surface area contributed by atoms with Gasteiger partial charge in [0.2, 0.25) is 5.78 Å². The summed E-state index contributed by atoms with van der Waals surface area (Å²) in [5, 5.41) is 2.08. The van der Waals surface area contributed by atoms with Gasteiger partial charge in [-0.05, 0) is 35.9 Å². The first kappa shape index (κ1) is 16.0. The molecule has 2 aromatic carbocycles. The molecule has 0 bridgehead atoms. The minimum atomic E-state index is -0.137. The normalized spacial score (nSPS) is 11.1. The number of furan rings is 1. The van der Waals surface area contributed by atoms with Crippen LogP contribution in [0.1, 0.15) is 21.7 Å². The van der Waals surface area contributed by atoms with Gasteiger partial charge in [-0.3, -0.25) is 4.79 Å². The lowest BCUT2D eigenvalue weighted by atomic mass is 10.1. The van der Waals surface area contributed by atoms with E-state index >= 15 is 0 Å². The van der Waals surface area contributed by atoms with Crippen molar-refractivity contribution >= 4 is 39.9 Å². The summed E-state index contributed by atoms with van der Waals surface area (Å²) in [5.74, 6) is 0.189. The molecule has 0 spiro atoms. The highest BCUT2D eigenvalue weighted by Crippen LogP contribution is 2.27. The summed E-state index contributed by atoms with van der Waals surface area (Å²) in [6.07, 6.45) is 3.35. The first-order valence-corrected chi connectivity index (χ1v) is 8.49. The monoisotopic (exact) mass is 369 g/mol. The van der Waals surface area contributed by atoms with Crippen LogP contribution in [0, 0.1) is 0 Å². The number of hydrogen-bond donors (Lipinski definition) is 0. The fraction of sp³-hybridized carbons (Fsp3) is 0.0500. The molecule has 3 nitrogen and oxygen atoms in total. The molecule has 5 heteroatoms. The van der Waals surface area contributed by atoms with Crippen LogP contribution in [-0.4, -0.2) is 10.4 Å². The van der Waals surface area contributed by atoms with Crippen molar-refractivity contribution in [3.63, 3.8) is 0 Å². The van der Waals surface area contributed by atoms with E-state index in [9.17, 15) is 4.79 Å². The number of para-hydroxylation sites is 1. The predicted octanol–water partition coefficient (Wildman–Crippen LogP) is 5.82. The van der Waals surface area contributed by atoms with Crippen molar-refractivity contribution in [2.45, 2.75) is 6.54 Å². The molecule has 2 aromatic heterocycles. The third-order valence-electron chi connectivity index (χ3n) is 4.13. The molecule has 4 rings (SSSR count). The molecule has 2 heterocycles. The molecule has 0 N–H and O–H groups in total. The third kappa shape index (κ3) is 2.97. The molecule has 4 aromatic rings. The largest absolute Gasteiger partial charge is 0.461 e. The van der Waals surface area contributed by atoms with Crippen molar-refractivity contribution in [1.82, 2.24) is 4.57 Å². The highest BCUT2D eigenvalue weighted by atomic mass is 35.5. The zero-order valence-electron chi connectivity index (χ0n) is 13.1. The lowest BCUT2D eigenvalue weighted by Gasteiger charge is -2.08. The molecule has 0 unspecified atom stereocenters. The van der Waals surface area contributed by atoms with E-state index in [0.717, 1.165) is 16.5 Å². The van der Waals surface area contributed by atoms with Crippen LogP contribution in [0.5, 0.6) is 0 Å². The summed E-state index contributed by atoms with van der Waals surface area (Å²) in [6, 6.07) is 16.6. The Bertz CT molecular complexity index is 1060. The summed E-state index contributed by atoms with van der Waals surface area (Å²) in [6.45, 7) is 0.544. The SMILES string of the molecule is O=C(c1ccco1)c1cn(Cc2ccc(Cl)cc2Cl)c2ccccc12. The number of fused-ring (bicyclic) bond motifs is 1. The smallest absolute Gasteiger partial charge is 0.230 e. The van der Waals surface area contributed by atoms with E-state index in [1.807, 2.05) is 47.2 Å². The predicted molar refractivity (Wildman–Crippen MR) is 99.6 cm³/mol. The maximum atomic E-state index is 12.7. The van der Waals surface area contributed by atoms with Crippen LogP contribution in [0.25, 0.3) is 10.9 Å². The molecule has 0 atom stereocenters. The van der Waals surface area contributed by atoms with Crippen molar-refractivity contribution < 1.29 is 9.21 Å². The standard InChI is InChI=1S/C20H13Cl2NO2/c21-14-8-7-13(17(22)10-14)11-23-12-16(15-4-1-2-5-18(15)23)20(24)19-6-3-9-25-19/h1-10,12H,11H2. The third-order valence-corrected chi connectivity index (χ3v) is 4.72. The van der Waals surface area contributed by atoms with Gasteiger partial charge in [-0.1, -0.05) is 47.5 Å². The second-order valence-electron chi connectivity index (χ2n) is 5.73. The summed E-state index contributed by atoms with van der Waals surface area (Å²) >= 11 is 12.3. The van der Waals surface area contributed by atoms with Crippen LogP contribution in [-0.2, 0) is 6.54 Å². The highest BCUT2D eigenvalue weighted by Gasteiger charge is 2.18. The zero-order chi connectivity index (χ0) is 17.4. The molecule has 0 fully saturated rings. The number of hydrogen-bond acceptors (Lipinski definition) is 2. The fourth-order valence-corrected chi connectivity index (χ4v) is 3.40. The molecule has 0 saturated carbocycles. The van der Waals surface area contributed by atoms with Gasteiger partial charge in [0.05, 0.1) is 11.8 Å². The van der Waals surface area contributed by atoms with Gasteiger partial charge in [-0.2, -0.15) is 0 Å². The summed E-state index contributed by atoms with van der Waals surface area (Å²) in [5.41, 5.74) is 2.50. The average molecular weight is 370 g/mol. The van der Waals surface area contributed by atoms with Crippen molar-refractivity contribution in [1.29, 1.82) is 0 Å². The number of carbonyl (C=O) groups excluding carboxylic acids is 1. The van der Waals surface area contributed by atoms with Gasteiger partial charge in [0.15, 0.2) is 5.76 Å². The average Bonchev–Trinajstić information content (AvgIpc) is 3.26. The van der Waals surface area contributed by atoms with Gasteiger partial charge < -0.3 is 8.98 Å². The van der Waals surface area contributed by atoms with E-state index in [0.29, 0.717) is 27.9 Å². The lowest BCUT2D eigenvalue weighted by Crippen LogP contribution is -2.00. The maximum absolute atomic E-state index is 12.7. The Hall–Kier alpha value is -2.49. The molecule has 124 valence electrons. The molecule has 0 saturated heterocycles. The lowest BCUT2D eigenvalue weighted by molar-refractivity contribution is 0.101. The van der Waals surface area contributed by atoms with Crippen LogP contribution >= 0.6 is 23.2 Å². The van der Waals surface area contributed by atoms with E-state index < -0.39 is 0 Å². The van der Waals surface area contributed by atoms with E-state index in [-0.39, 0.29) is 5.78 Å². The van der Waals surface area contributed by atoms with Gasteiger partial charge >= 0.3 is 0 Å². The van der Waals surface area contributed by atoms with Crippen molar-refractivity contribution in [3.05, 3.63) is 94.0 Å². The molecule has 0 aliphatic heterocycles. The summed E-state index contributed by atoms with van der Waals surface area (Å²) in [4.78, 5) is 12.7. The second-order valence-corrected chi connectivity index (χ2v) is 6.57. The number of nitrogens with zero attached hydrogens (tertiary/aromatic N) is 1. The Morgan fingerprint density at radius 3 is 2.64 bits per heavy atom. The number of ketones is 1. The van der Waals surface area contributed by atoms with Crippen molar-refractivity contribution in [2.75, 3.05) is 0 Å². The van der Waals surface area contributed by atoms with Crippen LogP contribution in [0.2, 0.25) is 10.0 Å². The quantitative estimate of drug-likeness (QED) is 0.424. The molecule has 0 radical (unpaired) electrons. The molecule has 25 heavy (non-hydrogen) atoms. The first-order chi connectivity index (χ1) is 12.1.